The molecule has 4 aromatic rings. The fraction of sp³-hybridized carbons (Fsp3) is 0.375. The first-order valence-corrected chi connectivity index (χ1v) is 16.4. The molecule has 2 aliphatic rings. The number of amides is 2. The zero-order valence-corrected chi connectivity index (χ0v) is 26.8. The lowest BCUT2D eigenvalue weighted by molar-refractivity contribution is -0.137. The van der Waals surface area contributed by atoms with Crippen LogP contribution in [-0.2, 0) is 22.4 Å². The lowest BCUT2D eigenvalue weighted by Gasteiger charge is -2.35. The molecular formula is C32H30Cl2F2N4O5S. The van der Waals surface area contributed by atoms with E-state index in [0.29, 0.717) is 46.5 Å². The second kappa shape index (κ2) is 13.3. The number of carbonyl (C=O) groups is 3. The molecule has 0 radical (unpaired) electrons. The van der Waals surface area contributed by atoms with Gasteiger partial charge in [0.05, 0.1) is 35.2 Å². The van der Waals surface area contributed by atoms with Gasteiger partial charge in [0.2, 0.25) is 5.91 Å². The average molecular weight is 692 g/mol. The number of likely N-dealkylation sites (tertiary alicyclic amines) is 2. The third kappa shape index (κ3) is 7.05. The Labute approximate surface area is 277 Å². The smallest absolute Gasteiger partial charge is 0.303 e. The Morgan fingerprint density at radius 3 is 2.65 bits per heavy atom. The summed E-state index contributed by atoms with van der Waals surface area (Å²) in [6.07, 6.45) is 3.27. The van der Waals surface area contributed by atoms with Gasteiger partial charge in [0.15, 0.2) is 0 Å². The highest BCUT2D eigenvalue weighted by atomic mass is 35.5. The molecule has 2 atom stereocenters. The number of nitrogens with zero attached hydrogens (tertiary/aromatic N) is 3. The molecule has 242 valence electrons. The molecule has 9 nitrogen and oxygen atoms in total. The number of aromatic nitrogens is 1. The quantitative estimate of drug-likeness (QED) is 0.193. The number of thiazole rings is 1. The Kier molecular flexibility index (Phi) is 9.33. The number of carbonyl (C=O) groups excluding carboxylic acids is 2. The van der Waals surface area contributed by atoms with Gasteiger partial charge in [-0.2, -0.15) is 0 Å². The number of hydrogen-bond acceptors (Lipinski definition) is 7. The maximum Gasteiger partial charge on any atom is 0.303 e. The first-order valence-electron chi connectivity index (χ1n) is 14.8. The number of fused-ring (bicyclic) bond motifs is 1. The minimum absolute atomic E-state index is 0.0338. The van der Waals surface area contributed by atoms with Crippen LogP contribution in [0.1, 0.15) is 57.5 Å². The fourth-order valence-electron chi connectivity index (χ4n) is 6.05. The number of carboxylic acids is 1. The summed E-state index contributed by atoms with van der Waals surface area (Å²) in [6.45, 7) is 0.798. The number of para-hydroxylation sites is 1. The molecule has 2 aromatic carbocycles. The number of aliphatic carboxylic acids is 1. The van der Waals surface area contributed by atoms with Crippen LogP contribution in [-0.4, -0.2) is 69.3 Å². The number of nitrogens with one attached hydrogen (secondary N) is 1. The third-order valence-electron chi connectivity index (χ3n) is 8.54. The maximum atomic E-state index is 13.9. The van der Waals surface area contributed by atoms with E-state index in [1.807, 2.05) is 4.90 Å². The van der Waals surface area contributed by atoms with Gasteiger partial charge in [-0.05, 0) is 36.6 Å². The van der Waals surface area contributed by atoms with Gasteiger partial charge >= 0.3 is 5.97 Å². The highest BCUT2D eigenvalue weighted by molar-refractivity contribution is 7.11. The summed E-state index contributed by atoms with van der Waals surface area (Å²) in [7, 11) is 0. The van der Waals surface area contributed by atoms with E-state index in [9.17, 15) is 23.2 Å². The molecule has 2 saturated heterocycles. The van der Waals surface area contributed by atoms with Crippen molar-refractivity contribution >= 4 is 69.0 Å². The van der Waals surface area contributed by atoms with Gasteiger partial charge < -0.3 is 19.7 Å². The highest BCUT2D eigenvalue weighted by Crippen LogP contribution is 2.40. The van der Waals surface area contributed by atoms with E-state index in [2.05, 4.69) is 10.3 Å². The minimum Gasteiger partial charge on any atom is -0.481 e. The van der Waals surface area contributed by atoms with Crippen molar-refractivity contribution in [2.24, 2.45) is 0 Å². The number of benzene rings is 2. The van der Waals surface area contributed by atoms with Crippen molar-refractivity contribution in [1.82, 2.24) is 14.8 Å². The van der Waals surface area contributed by atoms with Crippen LogP contribution < -0.4 is 5.32 Å². The number of furan rings is 1. The summed E-state index contributed by atoms with van der Waals surface area (Å²) in [4.78, 5) is 47.0. The number of alkyl halides is 2. The largest absolute Gasteiger partial charge is 0.481 e. The molecule has 14 heteroatoms. The predicted molar refractivity (Wildman–Crippen MR) is 171 cm³/mol. The SMILES string of the molecule is O=C(O)CCc1cnc([C@@H]2C[C@H](N3CCC(F)(F)CC3)CN2C(=O)Cc2cc(Cl)c(NC(=O)c3coc4ccccc34)cc2Cl)s1. The van der Waals surface area contributed by atoms with Crippen molar-refractivity contribution in [1.29, 1.82) is 0 Å². The summed E-state index contributed by atoms with van der Waals surface area (Å²) in [5.41, 5.74) is 1.64. The number of anilines is 1. The fourth-order valence-corrected chi connectivity index (χ4v) is 7.56. The number of carboxylic acid groups (broad SMARTS) is 1. The van der Waals surface area contributed by atoms with E-state index in [0.717, 1.165) is 4.88 Å². The first-order chi connectivity index (χ1) is 22.0. The number of aryl methyl sites for hydroxylation is 1. The topological polar surface area (TPSA) is 116 Å². The Morgan fingerprint density at radius 2 is 1.89 bits per heavy atom. The maximum absolute atomic E-state index is 13.9. The standard InChI is InChI=1S/C32H30Cl2F2N4O5S/c33-23-14-25(38-30(44)22-17-45-27-4-2-1-3-21(22)27)24(34)11-18(23)12-28(41)40-16-19(39-9-7-32(35,36)8-10-39)13-26(40)31-37-15-20(46-31)5-6-29(42)43/h1-4,11,14-15,17,19,26H,5-10,12-13,16H2,(H,38,44)(H,42,43)/t19-,26-/m0/s1. The molecule has 0 spiro atoms. The van der Waals surface area contributed by atoms with Gasteiger partial charge in [-0.25, -0.2) is 13.8 Å². The van der Waals surface area contributed by atoms with Crippen molar-refractivity contribution in [3.8, 4) is 0 Å². The molecule has 2 N–H and O–H groups in total. The number of hydrogen-bond donors (Lipinski definition) is 2. The van der Waals surface area contributed by atoms with Crippen LogP contribution in [0.5, 0.6) is 0 Å². The van der Waals surface area contributed by atoms with E-state index in [1.165, 1.54) is 23.7 Å². The Balaban J connectivity index is 1.19. The Hall–Kier alpha value is -3.58. The van der Waals surface area contributed by atoms with Crippen LogP contribution in [0.2, 0.25) is 10.0 Å². The van der Waals surface area contributed by atoms with Gasteiger partial charge in [0, 0.05) is 60.0 Å². The molecule has 2 amide bonds. The van der Waals surface area contributed by atoms with Crippen molar-refractivity contribution < 1.29 is 32.7 Å². The minimum atomic E-state index is -2.69. The lowest BCUT2D eigenvalue weighted by atomic mass is 10.0. The second-order valence-corrected chi connectivity index (χ2v) is 13.6. The molecule has 0 bridgehead atoms. The zero-order valence-electron chi connectivity index (χ0n) is 24.5. The second-order valence-electron chi connectivity index (χ2n) is 11.6. The molecule has 0 unspecified atom stereocenters. The van der Waals surface area contributed by atoms with Crippen LogP contribution >= 0.6 is 34.5 Å². The van der Waals surface area contributed by atoms with Crippen LogP contribution in [0, 0.1) is 0 Å². The van der Waals surface area contributed by atoms with E-state index in [4.69, 9.17) is 32.7 Å². The van der Waals surface area contributed by atoms with E-state index < -0.39 is 23.8 Å². The molecular weight excluding hydrogens is 661 g/mol. The first kappa shape index (κ1) is 32.4. The lowest BCUT2D eigenvalue weighted by Crippen LogP contribution is -2.46. The molecule has 2 fully saturated rings. The van der Waals surface area contributed by atoms with E-state index in [-0.39, 0.29) is 66.5 Å². The van der Waals surface area contributed by atoms with Gasteiger partial charge in [0.1, 0.15) is 16.9 Å². The van der Waals surface area contributed by atoms with Crippen LogP contribution in [0.15, 0.2) is 53.3 Å². The monoisotopic (exact) mass is 690 g/mol. The molecule has 0 aliphatic carbocycles. The van der Waals surface area contributed by atoms with E-state index >= 15 is 0 Å². The summed E-state index contributed by atoms with van der Waals surface area (Å²) in [5, 5.41) is 13.6. The van der Waals surface area contributed by atoms with Crippen molar-refractivity contribution in [3.63, 3.8) is 0 Å². The number of piperidine rings is 1. The summed E-state index contributed by atoms with van der Waals surface area (Å²) in [6, 6.07) is 9.65. The molecule has 6 rings (SSSR count). The van der Waals surface area contributed by atoms with Gasteiger partial charge in [-0.3, -0.25) is 19.3 Å². The van der Waals surface area contributed by atoms with Gasteiger partial charge in [-0.1, -0.05) is 41.4 Å². The van der Waals surface area contributed by atoms with Crippen molar-refractivity contribution in [2.45, 2.75) is 56.5 Å². The summed E-state index contributed by atoms with van der Waals surface area (Å²) >= 11 is 14.5. The van der Waals surface area contributed by atoms with E-state index in [1.54, 1.807) is 41.4 Å². The van der Waals surface area contributed by atoms with Gasteiger partial charge in [-0.15, -0.1) is 11.3 Å². The number of rotatable bonds is 9. The molecule has 46 heavy (non-hydrogen) atoms. The van der Waals surface area contributed by atoms with Crippen LogP contribution in [0.4, 0.5) is 14.5 Å². The average Bonchev–Trinajstić information content (AvgIpc) is 3.77. The zero-order chi connectivity index (χ0) is 32.6. The van der Waals surface area contributed by atoms with Crippen molar-refractivity contribution in [2.75, 3.05) is 25.0 Å². The molecule has 2 aromatic heterocycles. The van der Waals surface area contributed by atoms with Gasteiger partial charge in [0.25, 0.3) is 11.8 Å². The highest BCUT2D eigenvalue weighted by Gasteiger charge is 2.43. The summed E-state index contributed by atoms with van der Waals surface area (Å²) < 4.78 is 33.3. The third-order valence-corrected chi connectivity index (χ3v) is 10.4. The molecule has 2 aliphatic heterocycles. The molecule has 0 saturated carbocycles. The Bertz CT molecular complexity index is 1790. The predicted octanol–water partition coefficient (Wildman–Crippen LogP) is 7.08. The Morgan fingerprint density at radius 1 is 1.13 bits per heavy atom. The van der Waals surface area contributed by atoms with Crippen LogP contribution in [0.3, 0.4) is 0 Å². The summed E-state index contributed by atoms with van der Waals surface area (Å²) in [5.74, 6) is -4.27. The number of halogens is 4. The van der Waals surface area contributed by atoms with Crippen LogP contribution in [0.25, 0.3) is 11.0 Å². The normalized spacial score (nSPS) is 19.9. The van der Waals surface area contributed by atoms with Crippen molar-refractivity contribution in [3.05, 3.63) is 79.9 Å². The molecule has 4 heterocycles.